The van der Waals surface area contributed by atoms with E-state index in [-0.39, 0.29) is 17.5 Å². The number of anilines is 1. The van der Waals surface area contributed by atoms with Crippen LogP contribution >= 0.6 is 0 Å². The lowest BCUT2D eigenvalue weighted by Gasteiger charge is -2.17. The molecule has 1 heterocycles. The monoisotopic (exact) mass is 226 g/mol. The van der Waals surface area contributed by atoms with Gasteiger partial charge in [0.2, 0.25) is 0 Å². The van der Waals surface area contributed by atoms with Crippen molar-refractivity contribution in [1.29, 1.82) is 0 Å². The molecule has 0 aliphatic carbocycles. The Bertz CT molecular complexity index is 384. The van der Waals surface area contributed by atoms with Crippen LogP contribution in [0.15, 0.2) is 6.07 Å². The molecule has 0 aromatic carbocycles. The fourth-order valence-electron chi connectivity index (χ4n) is 1.19. The number of nitrogens with zero attached hydrogens (tertiary/aromatic N) is 2. The summed E-state index contributed by atoms with van der Waals surface area (Å²) in [6.45, 7) is 4.88. The Balaban J connectivity index is 2.65. The molecule has 3 N–H and O–H groups in total. The lowest BCUT2D eigenvalue weighted by atomic mass is 10.4. The van der Waals surface area contributed by atoms with E-state index in [0.717, 1.165) is 0 Å². The van der Waals surface area contributed by atoms with Crippen LogP contribution < -0.4 is 5.32 Å². The Morgan fingerprint density at radius 3 is 2.56 bits per heavy atom. The molecule has 7 heteroatoms. The lowest BCUT2D eigenvalue weighted by molar-refractivity contribution is 0.0690. The number of urea groups is 1. The quantitative estimate of drug-likeness (QED) is 0.712. The molecule has 16 heavy (non-hydrogen) atoms. The molecule has 0 radical (unpaired) electrons. The normalized spacial score (nSPS) is 9.88. The second kappa shape index (κ2) is 5.15. The standard InChI is InChI=1S/C9H14N4O3/c1-3-13(4-2)9(16)10-7-5-6(8(14)15)11-12-7/h5H,3-4H2,1-2H3,(H,14,15)(H2,10,11,12,16). The van der Waals surface area contributed by atoms with Crippen LogP contribution in [0.5, 0.6) is 0 Å². The largest absolute Gasteiger partial charge is 0.477 e. The third kappa shape index (κ3) is 2.72. The van der Waals surface area contributed by atoms with Gasteiger partial charge in [-0.2, -0.15) is 5.10 Å². The molecular weight excluding hydrogens is 212 g/mol. The first-order chi connectivity index (χ1) is 7.58. The molecule has 0 unspecified atom stereocenters. The average Bonchev–Trinajstić information content (AvgIpc) is 2.68. The first-order valence-corrected chi connectivity index (χ1v) is 4.93. The number of hydrogen-bond acceptors (Lipinski definition) is 3. The van der Waals surface area contributed by atoms with Gasteiger partial charge < -0.3 is 10.0 Å². The molecule has 0 aliphatic rings. The number of aromatic nitrogens is 2. The summed E-state index contributed by atoms with van der Waals surface area (Å²) in [6.07, 6.45) is 0. The van der Waals surface area contributed by atoms with Gasteiger partial charge in [-0.05, 0) is 13.8 Å². The molecule has 0 fully saturated rings. The van der Waals surface area contributed by atoms with Crippen LogP contribution in [0.2, 0.25) is 0 Å². The number of aromatic amines is 1. The third-order valence-electron chi connectivity index (χ3n) is 2.09. The highest BCUT2D eigenvalue weighted by Crippen LogP contribution is 2.06. The minimum absolute atomic E-state index is 0.0603. The SMILES string of the molecule is CCN(CC)C(=O)Nc1cc(C(=O)O)[nH]n1. The van der Waals surface area contributed by atoms with Crippen molar-refractivity contribution in [1.82, 2.24) is 15.1 Å². The van der Waals surface area contributed by atoms with Crippen LogP contribution in [-0.4, -0.2) is 45.3 Å². The topological polar surface area (TPSA) is 98.3 Å². The summed E-state index contributed by atoms with van der Waals surface area (Å²) in [5, 5.41) is 17.1. The Hall–Kier alpha value is -2.05. The maximum absolute atomic E-state index is 11.6. The lowest BCUT2D eigenvalue weighted by Crippen LogP contribution is -2.34. The van der Waals surface area contributed by atoms with Crippen molar-refractivity contribution in [2.24, 2.45) is 0 Å². The number of amides is 2. The second-order valence-electron chi connectivity index (χ2n) is 3.07. The number of carbonyl (C=O) groups is 2. The maximum atomic E-state index is 11.6. The molecule has 0 saturated carbocycles. The highest BCUT2D eigenvalue weighted by atomic mass is 16.4. The Morgan fingerprint density at radius 1 is 1.50 bits per heavy atom. The van der Waals surface area contributed by atoms with Crippen molar-refractivity contribution in [3.05, 3.63) is 11.8 Å². The van der Waals surface area contributed by atoms with Gasteiger partial charge in [-0.25, -0.2) is 9.59 Å². The Labute approximate surface area is 92.4 Å². The number of H-pyrrole nitrogens is 1. The molecule has 0 atom stereocenters. The summed E-state index contributed by atoms with van der Waals surface area (Å²) in [5.41, 5.74) is -0.0603. The highest BCUT2D eigenvalue weighted by Gasteiger charge is 2.13. The second-order valence-corrected chi connectivity index (χ2v) is 3.07. The Morgan fingerprint density at radius 2 is 2.12 bits per heavy atom. The van der Waals surface area contributed by atoms with E-state index in [4.69, 9.17) is 5.11 Å². The number of carbonyl (C=O) groups excluding carboxylic acids is 1. The van der Waals surface area contributed by atoms with E-state index in [1.807, 2.05) is 13.8 Å². The molecule has 0 bridgehead atoms. The van der Waals surface area contributed by atoms with Crippen LogP contribution in [0.25, 0.3) is 0 Å². The number of carboxylic acid groups (broad SMARTS) is 1. The van der Waals surface area contributed by atoms with Crippen molar-refractivity contribution >= 4 is 17.8 Å². The minimum atomic E-state index is -1.11. The van der Waals surface area contributed by atoms with E-state index >= 15 is 0 Å². The zero-order chi connectivity index (χ0) is 12.1. The van der Waals surface area contributed by atoms with E-state index < -0.39 is 5.97 Å². The van der Waals surface area contributed by atoms with Gasteiger partial charge in [-0.3, -0.25) is 10.4 Å². The number of aromatic carboxylic acids is 1. The van der Waals surface area contributed by atoms with Crippen LogP contribution in [0.3, 0.4) is 0 Å². The zero-order valence-corrected chi connectivity index (χ0v) is 9.15. The van der Waals surface area contributed by atoms with Crippen molar-refractivity contribution in [2.75, 3.05) is 18.4 Å². The van der Waals surface area contributed by atoms with Gasteiger partial charge in [0, 0.05) is 19.2 Å². The molecule has 0 aliphatic heterocycles. The van der Waals surface area contributed by atoms with Crippen molar-refractivity contribution in [2.45, 2.75) is 13.8 Å². The third-order valence-corrected chi connectivity index (χ3v) is 2.09. The summed E-state index contributed by atoms with van der Waals surface area (Å²) in [7, 11) is 0. The van der Waals surface area contributed by atoms with Gasteiger partial charge >= 0.3 is 12.0 Å². The minimum Gasteiger partial charge on any atom is -0.477 e. The zero-order valence-electron chi connectivity index (χ0n) is 9.15. The summed E-state index contributed by atoms with van der Waals surface area (Å²) < 4.78 is 0. The predicted octanol–water partition coefficient (Wildman–Crippen LogP) is 0.982. The first-order valence-electron chi connectivity index (χ1n) is 4.93. The number of rotatable bonds is 4. The van der Waals surface area contributed by atoms with E-state index in [9.17, 15) is 9.59 Å². The average molecular weight is 226 g/mol. The summed E-state index contributed by atoms with van der Waals surface area (Å²) >= 11 is 0. The van der Waals surface area contributed by atoms with E-state index in [1.54, 1.807) is 4.90 Å². The van der Waals surface area contributed by atoms with Crippen LogP contribution in [-0.2, 0) is 0 Å². The van der Waals surface area contributed by atoms with Gasteiger partial charge in [-0.1, -0.05) is 0 Å². The molecule has 1 aromatic heterocycles. The van der Waals surface area contributed by atoms with Crippen LogP contribution in [0.1, 0.15) is 24.3 Å². The molecule has 88 valence electrons. The highest BCUT2D eigenvalue weighted by molar-refractivity contribution is 5.91. The van der Waals surface area contributed by atoms with Crippen LogP contribution in [0, 0.1) is 0 Å². The van der Waals surface area contributed by atoms with Gasteiger partial charge in [0.15, 0.2) is 5.82 Å². The van der Waals surface area contributed by atoms with Gasteiger partial charge in [0.05, 0.1) is 0 Å². The molecule has 1 rings (SSSR count). The fraction of sp³-hybridized carbons (Fsp3) is 0.444. The maximum Gasteiger partial charge on any atom is 0.353 e. The molecule has 1 aromatic rings. The van der Waals surface area contributed by atoms with E-state index in [2.05, 4.69) is 15.5 Å². The van der Waals surface area contributed by atoms with E-state index in [1.165, 1.54) is 6.07 Å². The van der Waals surface area contributed by atoms with E-state index in [0.29, 0.717) is 13.1 Å². The summed E-state index contributed by atoms with van der Waals surface area (Å²) in [5.74, 6) is -0.912. The van der Waals surface area contributed by atoms with Gasteiger partial charge in [0.1, 0.15) is 5.69 Å². The van der Waals surface area contributed by atoms with Gasteiger partial charge in [0.25, 0.3) is 0 Å². The van der Waals surface area contributed by atoms with Crippen molar-refractivity contribution < 1.29 is 14.7 Å². The molecular formula is C9H14N4O3. The molecule has 2 amide bonds. The smallest absolute Gasteiger partial charge is 0.353 e. The predicted molar refractivity (Wildman–Crippen MR) is 57.5 cm³/mol. The molecule has 0 saturated heterocycles. The van der Waals surface area contributed by atoms with Gasteiger partial charge in [-0.15, -0.1) is 0 Å². The van der Waals surface area contributed by atoms with Crippen molar-refractivity contribution in [3.63, 3.8) is 0 Å². The number of carboxylic acids is 1. The van der Waals surface area contributed by atoms with Crippen LogP contribution in [0.4, 0.5) is 10.6 Å². The van der Waals surface area contributed by atoms with Crippen molar-refractivity contribution in [3.8, 4) is 0 Å². The fourth-order valence-corrected chi connectivity index (χ4v) is 1.19. The number of nitrogens with one attached hydrogen (secondary N) is 2. The molecule has 7 nitrogen and oxygen atoms in total. The summed E-state index contributed by atoms with van der Waals surface area (Å²) in [6, 6.07) is 0.970. The Kier molecular flexibility index (Phi) is 3.87. The molecule has 0 spiro atoms. The summed E-state index contributed by atoms with van der Waals surface area (Å²) in [4.78, 5) is 23.7. The number of hydrogen-bond donors (Lipinski definition) is 3. The first kappa shape index (κ1) is 12.0.